The summed E-state index contributed by atoms with van der Waals surface area (Å²) in [7, 11) is 0. The highest BCUT2D eigenvalue weighted by Gasteiger charge is 2.36. The van der Waals surface area contributed by atoms with Crippen LogP contribution >= 0.6 is 0 Å². The molecule has 1 fully saturated rings. The summed E-state index contributed by atoms with van der Waals surface area (Å²) in [4.78, 5) is 0. The number of hydrogen-bond donors (Lipinski definition) is 1. The van der Waals surface area contributed by atoms with E-state index in [0.717, 1.165) is 38.2 Å². The van der Waals surface area contributed by atoms with Crippen LogP contribution in [0, 0.1) is 5.92 Å². The fourth-order valence-electron chi connectivity index (χ4n) is 2.96. The van der Waals surface area contributed by atoms with E-state index in [9.17, 15) is 13.2 Å². The summed E-state index contributed by atoms with van der Waals surface area (Å²) >= 11 is 0. The van der Waals surface area contributed by atoms with Crippen molar-refractivity contribution in [2.24, 2.45) is 5.92 Å². The monoisotopic (exact) mass is 302 g/mol. The smallest absolute Gasteiger partial charge is 0.419 e. The van der Waals surface area contributed by atoms with Crippen LogP contribution < -0.4 is 4.74 Å². The number of rotatable bonds is 4. The van der Waals surface area contributed by atoms with Crippen LogP contribution in [-0.4, -0.2) is 11.2 Å². The third-order valence-corrected chi connectivity index (χ3v) is 4.17. The van der Waals surface area contributed by atoms with Gasteiger partial charge in [-0.2, -0.15) is 13.2 Å². The molecule has 1 N–H and O–H groups in total. The molecule has 2 nitrogen and oxygen atoms in total. The number of aliphatic hydroxyl groups is 1. The highest BCUT2D eigenvalue weighted by molar-refractivity contribution is 5.39. The van der Waals surface area contributed by atoms with Crippen molar-refractivity contribution < 1.29 is 23.0 Å². The Hall–Kier alpha value is -1.23. The number of ether oxygens (including phenoxy) is 1. The quantitative estimate of drug-likeness (QED) is 0.884. The van der Waals surface area contributed by atoms with E-state index in [0.29, 0.717) is 5.92 Å². The summed E-state index contributed by atoms with van der Waals surface area (Å²) < 4.78 is 45.1. The van der Waals surface area contributed by atoms with Crippen molar-refractivity contribution in [1.82, 2.24) is 0 Å². The molecule has 0 heterocycles. The van der Waals surface area contributed by atoms with Gasteiger partial charge in [-0.25, -0.2) is 0 Å². The van der Waals surface area contributed by atoms with Crippen LogP contribution in [0.15, 0.2) is 18.2 Å². The zero-order chi connectivity index (χ0) is 15.5. The molecule has 1 saturated carbocycles. The molecule has 1 aromatic carbocycles. The highest BCUT2D eigenvalue weighted by atomic mass is 19.4. The summed E-state index contributed by atoms with van der Waals surface area (Å²) in [6, 6.07) is 3.78. The minimum absolute atomic E-state index is 0.120. The Balaban J connectivity index is 2.26. The van der Waals surface area contributed by atoms with Crippen LogP contribution in [0.25, 0.3) is 0 Å². The number of benzene rings is 1. The molecule has 1 aliphatic rings. The van der Waals surface area contributed by atoms with Gasteiger partial charge in [0.15, 0.2) is 0 Å². The predicted octanol–water partition coefficient (Wildman–Crippen LogP) is 4.55. The molecule has 0 aromatic heterocycles. The molecule has 5 heteroatoms. The third-order valence-electron chi connectivity index (χ3n) is 4.17. The second kappa shape index (κ2) is 6.69. The Kier molecular flexibility index (Phi) is 5.14. The van der Waals surface area contributed by atoms with E-state index < -0.39 is 18.3 Å². The van der Waals surface area contributed by atoms with Gasteiger partial charge < -0.3 is 9.84 Å². The van der Waals surface area contributed by atoms with Crippen molar-refractivity contribution in [1.29, 1.82) is 0 Å². The van der Waals surface area contributed by atoms with Crippen LogP contribution in [0.5, 0.6) is 5.75 Å². The van der Waals surface area contributed by atoms with E-state index in [4.69, 9.17) is 9.84 Å². The summed E-state index contributed by atoms with van der Waals surface area (Å²) in [6.45, 7) is 1.64. The van der Waals surface area contributed by atoms with Gasteiger partial charge >= 0.3 is 6.18 Å². The second-order valence-corrected chi connectivity index (χ2v) is 5.60. The molecule has 1 aromatic rings. The zero-order valence-corrected chi connectivity index (χ0v) is 12.1. The predicted molar refractivity (Wildman–Crippen MR) is 74.0 cm³/mol. The van der Waals surface area contributed by atoms with Crippen molar-refractivity contribution in [3.63, 3.8) is 0 Å². The molecule has 0 saturated heterocycles. The molecule has 0 amide bonds. The molecule has 0 spiro atoms. The fraction of sp³-hybridized carbons (Fsp3) is 0.625. The largest absolute Gasteiger partial charge is 0.490 e. The first-order valence-electron chi connectivity index (χ1n) is 7.43. The van der Waals surface area contributed by atoms with E-state index in [1.807, 2.05) is 6.92 Å². The molecule has 21 heavy (non-hydrogen) atoms. The summed E-state index contributed by atoms with van der Waals surface area (Å²) in [6.07, 6.45) is 0.224. The van der Waals surface area contributed by atoms with Gasteiger partial charge in [0.1, 0.15) is 11.9 Å². The minimum Gasteiger partial charge on any atom is -0.490 e. The Morgan fingerprint density at radius 3 is 2.57 bits per heavy atom. The maximum absolute atomic E-state index is 13.1. The van der Waals surface area contributed by atoms with Gasteiger partial charge in [-0.15, -0.1) is 0 Å². The van der Waals surface area contributed by atoms with Crippen LogP contribution in [0.4, 0.5) is 13.2 Å². The fourth-order valence-corrected chi connectivity index (χ4v) is 2.96. The van der Waals surface area contributed by atoms with E-state index in [2.05, 4.69) is 0 Å². The first-order chi connectivity index (χ1) is 9.95. The van der Waals surface area contributed by atoms with Crippen molar-refractivity contribution in [3.8, 4) is 5.75 Å². The highest BCUT2D eigenvalue weighted by Crippen LogP contribution is 2.39. The van der Waals surface area contributed by atoms with E-state index in [1.165, 1.54) is 12.1 Å². The number of halogens is 3. The Morgan fingerprint density at radius 1 is 1.24 bits per heavy atom. The molecular formula is C16H21F3O2. The van der Waals surface area contributed by atoms with Gasteiger partial charge in [-0.05, 0) is 49.3 Å². The van der Waals surface area contributed by atoms with Gasteiger partial charge in [-0.3, -0.25) is 0 Å². The van der Waals surface area contributed by atoms with E-state index >= 15 is 0 Å². The molecule has 0 bridgehead atoms. The maximum atomic E-state index is 13.1. The van der Waals surface area contributed by atoms with E-state index in [-0.39, 0.29) is 17.4 Å². The van der Waals surface area contributed by atoms with Gasteiger partial charge in [0.25, 0.3) is 0 Å². The van der Waals surface area contributed by atoms with Crippen LogP contribution in [-0.2, 0) is 12.8 Å². The molecule has 2 atom stereocenters. The maximum Gasteiger partial charge on any atom is 0.419 e. The summed E-state index contributed by atoms with van der Waals surface area (Å²) in [5, 5.41) is 9.01. The first kappa shape index (κ1) is 16.1. The average molecular weight is 302 g/mol. The molecule has 2 unspecified atom stereocenters. The normalized spacial score (nSPS) is 23.1. The first-order valence-corrected chi connectivity index (χ1v) is 7.43. The van der Waals surface area contributed by atoms with Crippen molar-refractivity contribution in [2.75, 3.05) is 0 Å². The molecule has 118 valence electrons. The lowest BCUT2D eigenvalue weighted by Gasteiger charge is -2.32. The van der Waals surface area contributed by atoms with Crippen LogP contribution in [0.2, 0.25) is 0 Å². The van der Waals surface area contributed by atoms with Crippen LogP contribution in [0.3, 0.4) is 0 Å². The lowest BCUT2D eigenvalue weighted by atomic mass is 9.84. The molecule has 0 aliphatic heterocycles. The zero-order valence-electron chi connectivity index (χ0n) is 12.1. The topological polar surface area (TPSA) is 29.5 Å². The van der Waals surface area contributed by atoms with Gasteiger partial charge in [-0.1, -0.05) is 19.4 Å². The third kappa shape index (κ3) is 3.90. The summed E-state index contributed by atoms with van der Waals surface area (Å²) in [5.41, 5.74) is -0.556. The molecular weight excluding hydrogens is 281 g/mol. The lowest BCUT2D eigenvalue weighted by Crippen LogP contribution is -2.30. The van der Waals surface area contributed by atoms with E-state index in [1.54, 1.807) is 0 Å². The molecule has 0 radical (unpaired) electrons. The summed E-state index contributed by atoms with van der Waals surface area (Å²) in [5.74, 6) is 0.197. The van der Waals surface area contributed by atoms with Crippen molar-refractivity contribution >= 4 is 0 Å². The van der Waals surface area contributed by atoms with Crippen molar-refractivity contribution in [3.05, 3.63) is 29.3 Å². The Morgan fingerprint density at radius 2 is 1.95 bits per heavy atom. The van der Waals surface area contributed by atoms with Gasteiger partial charge in [0, 0.05) is 0 Å². The number of hydrogen-bond acceptors (Lipinski definition) is 2. The van der Waals surface area contributed by atoms with Crippen LogP contribution in [0.1, 0.15) is 50.2 Å². The number of aliphatic hydroxyl groups excluding tert-OH is 1. The Bertz CT molecular complexity index is 471. The van der Waals surface area contributed by atoms with Gasteiger partial charge in [0.05, 0.1) is 12.2 Å². The molecule has 2 rings (SSSR count). The Labute approximate surface area is 122 Å². The lowest BCUT2D eigenvalue weighted by molar-refractivity contribution is -0.139. The number of alkyl halides is 3. The minimum atomic E-state index is -4.48. The standard InChI is InChI=1S/C16H21F3O2/c1-2-12-5-3-4-6-14(12)21-15-8-7-11(10-20)9-13(15)16(17,18)19/h7-9,12,14,20H,2-6,10H2,1H3. The SMILES string of the molecule is CCC1CCCCC1Oc1ccc(CO)cc1C(F)(F)F. The average Bonchev–Trinajstić information content (AvgIpc) is 2.47. The second-order valence-electron chi connectivity index (χ2n) is 5.60. The van der Waals surface area contributed by atoms with Crippen molar-refractivity contribution in [2.45, 2.75) is 57.9 Å². The van der Waals surface area contributed by atoms with Gasteiger partial charge in [0.2, 0.25) is 0 Å². The molecule has 1 aliphatic carbocycles.